The first-order valence-corrected chi connectivity index (χ1v) is 18.9. The molecule has 52 heavy (non-hydrogen) atoms. The SMILES string of the molecule is C/C1=C(\C)c2ccc(c3ccccc23)CCc2ccc(c3ccccc23)/C(C)=C(\C)c2ccc(c3ccccc23)CCc2ccc1c1ccccc21. The highest BCUT2D eigenvalue weighted by molar-refractivity contribution is 6.07. The van der Waals surface area contributed by atoms with E-state index >= 15 is 0 Å². The van der Waals surface area contributed by atoms with E-state index in [9.17, 15) is 0 Å². The van der Waals surface area contributed by atoms with E-state index in [0.717, 1.165) is 25.7 Å². The lowest BCUT2D eigenvalue weighted by Crippen LogP contribution is -1.99. The van der Waals surface area contributed by atoms with E-state index in [0.29, 0.717) is 0 Å². The third-order valence-corrected chi connectivity index (χ3v) is 12.1. The lowest BCUT2D eigenvalue weighted by atomic mass is 9.86. The number of rotatable bonds is 0. The summed E-state index contributed by atoms with van der Waals surface area (Å²) in [6.07, 6.45) is 3.96. The van der Waals surface area contributed by atoms with Crippen LogP contribution < -0.4 is 0 Å². The molecule has 0 radical (unpaired) electrons. The Morgan fingerprint density at radius 3 is 0.635 bits per heavy atom. The van der Waals surface area contributed by atoms with Gasteiger partial charge < -0.3 is 0 Å². The highest BCUT2D eigenvalue weighted by Crippen LogP contribution is 2.39. The number of hydrogen-bond donors (Lipinski definition) is 0. The minimum Gasteiger partial charge on any atom is -0.0616 e. The van der Waals surface area contributed by atoms with Crippen LogP contribution in [-0.2, 0) is 25.7 Å². The fraction of sp³-hybridized carbons (Fsp3) is 0.154. The summed E-state index contributed by atoms with van der Waals surface area (Å²) < 4.78 is 0. The summed E-state index contributed by atoms with van der Waals surface area (Å²) in [6.45, 7) is 9.24. The zero-order valence-electron chi connectivity index (χ0n) is 30.7. The maximum absolute atomic E-state index is 2.39. The van der Waals surface area contributed by atoms with E-state index in [2.05, 4.69) is 173 Å². The van der Waals surface area contributed by atoms with Crippen molar-refractivity contribution in [3.63, 3.8) is 0 Å². The molecule has 0 saturated heterocycles. The molecule has 8 aromatic carbocycles. The average molecular weight is 669 g/mol. The molecule has 0 saturated carbocycles. The number of aryl methyl sites for hydroxylation is 4. The van der Waals surface area contributed by atoms with Gasteiger partial charge in [-0.15, -0.1) is 0 Å². The van der Waals surface area contributed by atoms with Crippen LogP contribution >= 0.6 is 0 Å². The first-order chi connectivity index (χ1) is 25.5. The lowest BCUT2D eigenvalue weighted by molar-refractivity contribution is 0.978. The Bertz CT molecular complexity index is 2380. The minimum atomic E-state index is 0.990. The lowest BCUT2D eigenvalue weighted by Gasteiger charge is -2.19. The Kier molecular flexibility index (Phi) is 8.12. The molecule has 0 spiro atoms. The van der Waals surface area contributed by atoms with Crippen molar-refractivity contribution in [3.05, 3.63) is 190 Å². The van der Waals surface area contributed by atoms with Crippen molar-refractivity contribution in [2.24, 2.45) is 0 Å². The van der Waals surface area contributed by atoms with E-state index in [4.69, 9.17) is 0 Å². The van der Waals surface area contributed by atoms with Gasteiger partial charge >= 0.3 is 0 Å². The van der Waals surface area contributed by atoms with Gasteiger partial charge in [-0.05, 0) is 163 Å². The topological polar surface area (TPSA) is 0 Å². The molecule has 0 aromatic heterocycles. The molecule has 252 valence electrons. The van der Waals surface area contributed by atoms with Crippen molar-refractivity contribution in [2.45, 2.75) is 53.4 Å². The van der Waals surface area contributed by atoms with Crippen LogP contribution in [0.15, 0.2) is 146 Å². The highest BCUT2D eigenvalue weighted by atomic mass is 14.2. The summed E-state index contributed by atoms with van der Waals surface area (Å²) in [4.78, 5) is 0. The quantitative estimate of drug-likeness (QED) is 0.151. The summed E-state index contributed by atoms with van der Waals surface area (Å²) in [5.74, 6) is 0. The third-order valence-electron chi connectivity index (χ3n) is 12.1. The molecule has 1 aliphatic rings. The molecule has 0 amide bonds. The van der Waals surface area contributed by atoms with Crippen LogP contribution in [0.3, 0.4) is 0 Å². The van der Waals surface area contributed by atoms with E-state index in [-0.39, 0.29) is 0 Å². The van der Waals surface area contributed by atoms with Gasteiger partial charge in [0, 0.05) is 0 Å². The van der Waals surface area contributed by atoms with E-state index in [1.807, 2.05) is 0 Å². The van der Waals surface area contributed by atoms with Crippen molar-refractivity contribution in [2.75, 3.05) is 0 Å². The van der Waals surface area contributed by atoms with E-state index < -0.39 is 0 Å². The predicted molar refractivity (Wildman–Crippen MR) is 227 cm³/mol. The number of allylic oxidation sites excluding steroid dienone is 4. The van der Waals surface area contributed by atoms with E-state index in [1.54, 1.807) is 0 Å². The molecule has 0 atom stereocenters. The monoisotopic (exact) mass is 668 g/mol. The fourth-order valence-electron chi connectivity index (χ4n) is 8.97. The van der Waals surface area contributed by atoms with Crippen molar-refractivity contribution < 1.29 is 0 Å². The Morgan fingerprint density at radius 2 is 0.423 bits per heavy atom. The number of benzene rings is 8. The number of hydrogen-bond acceptors (Lipinski definition) is 0. The summed E-state index contributed by atoms with van der Waals surface area (Å²) in [5, 5.41) is 10.8. The van der Waals surface area contributed by atoms with Crippen LogP contribution in [0.1, 0.15) is 72.2 Å². The summed E-state index contributed by atoms with van der Waals surface area (Å²) >= 11 is 0. The van der Waals surface area contributed by atoms with Crippen LogP contribution in [-0.4, -0.2) is 0 Å². The second-order valence-electron chi connectivity index (χ2n) is 14.8. The average Bonchev–Trinajstić information content (AvgIpc) is 3.20. The van der Waals surface area contributed by atoms with Gasteiger partial charge in [0.25, 0.3) is 0 Å². The Labute approximate surface area is 307 Å². The fourth-order valence-corrected chi connectivity index (χ4v) is 8.97. The standard InChI is InChI=1S/C52H44/c1-33-34(2)42-30-26-38(46-14-6-10-18-50(42)46)23-24-40-28-32-44(52-20-12-8-16-48(40)52)36(4)35(3)43-31-27-39(47-15-7-11-19-51(43)47)22-21-37-25-29-41(33)49-17-9-5-13-45(37)49/h5-20,25-32H,21-24H2,1-4H3/b34-33-,36-35+. The molecule has 8 bridgehead atoms. The van der Waals surface area contributed by atoms with Gasteiger partial charge in [0.1, 0.15) is 0 Å². The maximum atomic E-state index is 2.39. The zero-order chi connectivity index (χ0) is 35.3. The largest absolute Gasteiger partial charge is 0.0616 e. The third kappa shape index (κ3) is 5.37. The van der Waals surface area contributed by atoms with Crippen LogP contribution in [0.2, 0.25) is 0 Å². The summed E-state index contributed by atoms with van der Waals surface area (Å²) in [6, 6.07) is 55.1. The molecule has 1 aliphatic carbocycles. The van der Waals surface area contributed by atoms with Crippen LogP contribution in [0, 0.1) is 0 Å². The van der Waals surface area contributed by atoms with Crippen molar-refractivity contribution in [1.29, 1.82) is 0 Å². The molecule has 0 aliphatic heterocycles. The van der Waals surface area contributed by atoms with Gasteiger partial charge in [-0.2, -0.15) is 0 Å². The number of fused-ring (bicyclic) bond motifs is 24. The normalized spacial score (nSPS) is 16.8. The van der Waals surface area contributed by atoms with Gasteiger partial charge in [-0.3, -0.25) is 0 Å². The second-order valence-corrected chi connectivity index (χ2v) is 14.8. The first-order valence-electron chi connectivity index (χ1n) is 18.9. The molecule has 0 heteroatoms. The predicted octanol–water partition coefficient (Wildman–Crippen LogP) is 14.1. The van der Waals surface area contributed by atoms with E-state index in [1.165, 1.54) is 110 Å². The molecule has 0 N–H and O–H groups in total. The Hall–Kier alpha value is -5.72. The van der Waals surface area contributed by atoms with Gasteiger partial charge in [0.05, 0.1) is 0 Å². The molecule has 0 heterocycles. The molecule has 0 unspecified atom stereocenters. The molecule has 0 nitrogen and oxygen atoms in total. The van der Waals surface area contributed by atoms with Gasteiger partial charge in [0.2, 0.25) is 0 Å². The van der Waals surface area contributed by atoms with Crippen LogP contribution in [0.4, 0.5) is 0 Å². The molecular formula is C52H44. The zero-order valence-corrected chi connectivity index (χ0v) is 30.7. The van der Waals surface area contributed by atoms with Gasteiger partial charge in [0.15, 0.2) is 0 Å². The van der Waals surface area contributed by atoms with Crippen molar-refractivity contribution in [1.82, 2.24) is 0 Å². The van der Waals surface area contributed by atoms with Crippen molar-refractivity contribution in [3.8, 4) is 0 Å². The molecule has 0 fully saturated rings. The Morgan fingerprint density at radius 1 is 0.231 bits per heavy atom. The minimum absolute atomic E-state index is 0.990. The maximum Gasteiger partial charge on any atom is -0.0106 e. The van der Waals surface area contributed by atoms with Gasteiger partial charge in [-0.1, -0.05) is 146 Å². The van der Waals surface area contributed by atoms with Crippen molar-refractivity contribution >= 4 is 65.4 Å². The molecule has 8 aromatic rings. The van der Waals surface area contributed by atoms with Crippen LogP contribution in [0.25, 0.3) is 65.4 Å². The van der Waals surface area contributed by atoms with Crippen LogP contribution in [0.5, 0.6) is 0 Å². The molecule has 9 rings (SSSR count). The van der Waals surface area contributed by atoms with Gasteiger partial charge in [-0.25, -0.2) is 0 Å². The highest BCUT2D eigenvalue weighted by Gasteiger charge is 2.17. The second kappa shape index (κ2) is 13.1. The Balaban J connectivity index is 1.28. The summed E-state index contributed by atoms with van der Waals surface area (Å²) in [7, 11) is 0. The smallest absolute Gasteiger partial charge is 0.0106 e. The summed E-state index contributed by atoms with van der Waals surface area (Å²) in [5.41, 5.74) is 16.3. The first kappa shape index (κ1) is 32.2. The molecular weight excluding hydrogens is 625 g/mol.